The molecule has 1 heterocycles. The van der Waals surface area contributed by atoms with E-state index < -0.39 is 0 Å². The first-order valence-corrected chi connectivity index (χ1v) is 8.35. The van der Waals surface area contributed by atoms with Crippen molar-refractivity contribution in [1.82, 2.24) is 10.2 Å². The Kier molecular flexibility index (Phi) is 3.98. The van der Waals surface area contributed by atoms with Gasteiger partial charge < -0.3 is 10.1 Å². The van der Waals surface area contributed by atoms with Crippen LogP contribution in [0, 0.1) is 0 Å². The molecular formula is C20H19N3O2. The lowest BCUT2D eigenvalue weighted by molar-refractivity contribution is 0.102. The molecule has 0 spiro atoms. The van der Waals surface area contributed by atoms with Gasteiger partial charge in [0.1, 0.15) is 11.4 Å². The van der Waals surface area contributed by atoms with Gasteiger partial charge in [0.05, 0.1) is 18.5 Å². The molecule has 1 aromatic heterocycles. The Hall–Kier alpha value is -3.08. The predicted octanol–water partition coefficient (Wildman–Crippen LogP) is 4.22. The predicted molar refractivity (Wildman–Crippen MR) is 96.9 cm³/mol. The molecule has 1 fully saturated rings. The summed E-state index contributed by atoms with van der Waals surface area (Å²) in [6, 6.07) is 17.0. The number of hydrogen-bond acceptors (Lipinski definition) is 3. The summed E-state index contributed by atoms with van der Waals surface area (Å²) in [5.41, 5.74) is 4.10. The quantitative estimate of drug-likeness (QED) is 0.735. The van der Waals surface area contributed by atoms with Crippen LogP contribution in [0.4, 0.5) is 5.69 Å². The van der Waals surface area contributed by atoms with Gasteiger partial charge in [0.15, 0.2) is 0 Å². The van der Waals surface area contributed by atoms with Gasteiger partial charge in [-0.3, -0.25) is 9.89 Å². The second-order valence-corrected chi connectivity index (χ2v) is 6.19. The third kappa shape index (κ3) is 3.13. The minimum atomic E-state index is -0.167. The summed E-state index contributed by atoms with van der Waals surface area (Å²) in [7, 11) is 1.59. The molecule has 5 nitrogen and oxygen atoms in total. The molecule has 2 N–H and O–H groups in total. The third-order valence-corrected chi connectivity index (χ3v) is 4.40. The second-order valence-electron chi connectivity index (χ2n) is 6.19. The van der Waals surface area contributed by atoms with Gasteiger partial charge in [0, 0.05) is 17.0 Å². The van der Waals surface area contributed by atoms with Crippen molar-refractivity contribution in [3.05, 3.63) is 65.9 Å². The minimum absolute atomic E-state index is 0.167. The fourth-order valence-corrected chi connectivity index (χ4v) is 2.90. The van der Waals surface area contributed by atoms with E-state index in [1.165, 1.54) is 0 Å². The number of amides is 1. The maximum absolute atomic E-state index is 12.8. The smallest absolute Gasteiger partial charge is 0.255 e. The van der Waals surface area contributed by atoms with E-state index in [1.807, 2.05) is 42.5 Å². The zero-order chi connectivity index (χ0) is 17.2. The Bertz CT molecular complexity index is 898. The number of aromatic nitrogens is 2. The number of methoxy groups -OCH3 is 1. The highest BCUT2D eigenvalue weighted by Crippen LogP contribution is 2.45. The lowest BCUT2D eigenvalue weighted by atomic mass is 10.1. The number of carbonyl (C=O) groups excluding carboxylic acids is 1. The number of hydrogen-bond donors (Lipinski definition) is 2. The molecule has 0 aliphatic heterocycles. The molecule has 5 heteroatoms. The molecule has 0 radical (unpaired) electrons. The fourth-order valence-electron chi connectivity index (χ4n) is 2.90. The summed E-state index contributed by atoms with van der Waals surface area (Å²) in [6.07, 6.45) is 2.25. The third-order valence-electron chi connectivity index (χ3n) is 4.40. The molecule has 0 unspecified atom stereocenters. The van der Waals surface area contributed by atoms with Crippen LogP contribution in [0.1, 0.15) is 34.8 Å². The lowest BCUT2D eigenvalue weighted by Gasteiger charge is -2.09. The summed E-state index contributed by atoms with van der Waals surface area (Å²) < 4.78 is 5.21. The van der Waals surface area contributed by atoms with Crippen LogP contribution in [0.5, 0.6) is 5.75 Å². The highest BCUT2D eigenvalue weighted by molar-refractivity contribution is 6.06. The molecule has 25 heavy (non-hydrogen) atoms. The number of H-pyrrole nitrogens is 1. The van der Waals surface area contributed by atoms with Crippen molar-refractivity contribution in [3.63, 3.8) is 0 Å². The zero-order valence-electron chi connectivity index (χ0n) is 14.0. The molecule has 1 aliphatic rings. The van der Waals surface area contributed by atoms with Crippen LogP contribution in [0.25, 0.3) is 11.3 Å². The second kappa shape index (κ2) is 6.43. The van der Waals surface area contributed by atoms with E-state index in [2.05, 4.69) is 15.5 Å². The molecule has 4 rings (SSSR count). The van der Waals surface area contributed by atoms with E-state index in [9.17, 15) is 4.79 Å². The molecule has 0 bridgehead atoms. The average molecular weight is 333 g/mol. The number of nitrogens with zero attached hydrogens (tertiary/aromatic N) is 1. The van der Waals surface area contributed by atoms with Crippen molar-refractivity contribution in [2.45, 2.75) is 18.8 Å². The van der Waals surface area contributed by atoms with Crippen molar-refractivity contribution in [2.24, 2.45) is 0 Å². The van der Waals surface area contributed by atoms with Gasteiger partial charge in [-0.1, -0.05) is 36.4 Å². The van der Waals surface area contributed by atoms with E-state index in [1.54, 1.807) is 19.2 Å². The van der Waals surface area contributed by atoms with Crippen molar-refractivity contribution in [1.29, 1.82) is 0 Å². The first-order valence-electron chi connectivity index (χ1n) is 8.35. The topological polar surface area (TPSA) is 67.0 Å². The van der Waals surface area contributed by atoms with Crippen LogP contribution in [0.3, 0.4) is 0 Å². The average Bonchev–Trinajstić information content (AvgIpc) is 3.43. The Morgan fingerprint density at radius 3 is 2.68 bits per heavy atom. The van der Waals surface area contributed by atoms with Crippen LogP contribution >= 0.6 is 0 Å². The number of carbonyl (C=O) groups is 1. The van der Waals surface area contributed by atoms with Crippen LogP contribution in [-0.4, -0.2) is 23.2 Å². The summed E-state index contributed by atoms with van der Waals surface area (Å²) in [5.74, 6) is 0.940. The summed E-state index contributed by atoms with van der Waals surface area (Å²) >= 11 is 0. The van der Waals surface area contributed by atoms with E-state index in [4.69, 9.17) is 4.74 Å². The van der Waals surface area contributed by atoms with Crippen LogP contribution in [0.15, 0.2) is 54.6 Å². The number of anilines is 1. The van der Waals surface area contributed by atoms with E-state index >= 15 is 0 Å². The van der Waals surface area contributed by atoms with Crippen LogP contribution in [0.2, 0.25) is 0 Å². The van der Waals surface area contributed by atoms with Gasteiger partial charge in [-0.15, -0.1) is 0 Å². The molecule has 1 amide bonds. The largest absolute Gasteiger partial charge is 0.497 e. The summed E-state index contributed by atoms with van der Waals surface area (Å²) in [6.45, 7) is 0. The Morgan fingerprint density at radius 2 is 1.96 bits per heavy atom. The molecule has 1 saturated carbocycles. The summed E-state index contributed by atoms with van der Waals surface area (Å²) in [4.78, 5) is 12.8. The van der Waals surface area contributed by atoms with Crippen LogP contribution < -0.4 is 10.1 Å². The molecule has 1 aliphatic carbocycles. The maximum atomic E-state index is 12.8. The molecule has 3 aromatic rings. The minimum Gasteiger partial charge on any atom is -0.497 e. The van der Waals surface area contributed by atoms with Gasteiger partial charge in [-0.05, 0) is 31.0 Å². The highest BCUT2D eigenvalue weighted by Gasteiger charge is 2.31. The zero-order valence-corrected chi connectivity index (χ0v) is 14.0. The number of rotatable bonds is 5. The first-order chi connectivity index (χ1) is 12.3. The number of nitrogens with one attached hydrogen (secondary N) is 2. The monoisotopic (exact) mass is 333 g/mol. The van der Waals surface area contributed by atoms with Crippen molar-refractivity contribution >= 4 is 11.6 Å². The van der Waals surface area contributed by atoms with E-state index in [-0.39, 0.29) is 5.91 Å². The van der Waals surface area contributed by atoms with Crippen molar-refractivity contribution < 1.29 is 9.53 Å². The first kappa shape index (κ1) is 15.4. The van der Waals surface area contributed by atoms with Crippen molar-refractivity contribution in [3.8, 4) is 17.0 Å². The van der Waals surface area contributed by atoms with Crippen LogP contribution in [-0.2, 0) is 0 Å². The van der Waals surface area contributed by atoms with E-state index in [0.717, 1.165) is 35.5 Å². The number of benzene rings is 2. The summed E-state index contributed by atoms with van der Waals surface area (Å²) in [5, 5.41) is 10.6. The number of aromatic amines is 1. The Balaban J connectivity index is 1.69. The normalized spacial score (nSPS) is 13.5. The van der Waals surface area contributed by atoms with Gasteiger partial charge in [-0.2, -0.15) is 5.10 Å². The molecule has 2 aromatic carbocycles. The lowest BCUT2D eigenvalue weighted by Crippen LogP contribution is -2.13. The van der Waals surface area contributed by atoms with Crippen molar-refractivity contribution in [2.75, 3.05) is 12.4 Å². The van der Waals surface area contributed by atoms with Gasteiger partial charge >= 0.3 is 0 Å². The number of ether oxygens (including phenoxy) is 1. The molecule has 126 valence electrons. The van der Waals surface area contributed by atoms with E-state index in [0.29, 0.717) is 17.2 Å². The van der Waals surface area contributed by atoms with Gasteiger partial charge in [0.25, 0.3) is 5.91 Å². The standard InChI is InChI=1S/C20H19N3O2/c1-25-16-9-5-8-15(12-16)20(24)21-19-17(13-6-3-2-4-7-13)22-23-18(19)14-10-11-14/h2-9,12,14H,10-11H2,1H3,(H,21,24)(H,22,23). The molecular weight excluding hydrogens is 314 g/mol. The molecule has 0 saturated heterocycles. The van der Waals surface area contributed by atoms with Gasteiger partial charge in [-0.25, -0.2) is 0 Å². The fraction of sp³-hybridized carbons (Fsp3) is 0.200. The highest BCUT2D eigenvalue weighted by atomic mass is 16.5. The van der Waals surface area contributed by atoms with Gasteiger partial charge in [0.2, 0.25) is 0 Å². The maximum Gasteiger partial charge on any atom is 0.255 e. The Morgan fingerprint density at radius 1 is 1.16 bits per heavy atom. The molecule has 0 atom stereocenters. The Labute approximate surface area is 146 Å². The SMILES string of the molecule is COc1cccc(C(=O)Nc2c(-c3ccccc3)n[nH]c2C2CC2)c1.